The Morgan fingerprint density at radius 3 is 3.00 bits per heavy atom. The van der Waals surface area contributed by atoms with Crippen LogP contribution < -0.4 is 5.73 Å². The summed E-state index contributed by atoms with van der Waals surface area (Å²) in [5.74, 6) is 0. The van der Waals surface area contributed by atoms with Gasteiger partial charge in [0.05, 0.1) is 6.61 Å². The number of aryl methyl sites for hydroxylation is 1. The Hall–Kier alpha value is -1.06. The van der Waals surface area contributed by atoms with E-state index in [1.165, 1.54) is 16.7 Å². The topological polar surface area (TPSA) is 49.5 Å². The van der Waals surface area contributed by atoms with E-state index >= 15 is 0 Å². The molecule has 0 aromatic heterocycles. The van der Waals surface area contributed by atoms with Crippen molar-refractivity contribution in [3.05, 3.63) is 28.8 Å². The zero-order valence-corrected chi connectivity index (χ0v) is 9.16. The molecule has 0 atom stereocenters. The maximum atomic E-state index is 8.90. The zero-order chi connectivity index (χ0) is 10.8. The lowest BCUT2D eigenvalue weighted by Crippen LogP contribution is -2.33. The average Bonchev–Trinajstić information content (AvgIpc) is 2.24. The molecule has 1 aromatic carbocycles. The largest absolute Gasteiger partial charge is 0.398 e. The van der Waals surface area contributed by atoms with Crippen molar-refractivity contribution in [2.24, 2.45) is 0 Å². The number of β-amino-alcohol motifs (C(OH)–C–C–N with tert-alkyl or cyclic N) is 1. The van der Waals surface area contributed by atoms with E-state index in [4.69, 9.17) is 10.8 Å². The van der Waals surface area contributed by atoms with E-state index in [2.05, 4.69) is 24.0 Å². The molecule has 0 spiro atoms. The lowest BCUT2D eigenvalue weighted by Gasteiger charge is -2.29. The Bertz CT molecular complexity index is 363. The first kappa shape index (κ1) is 10.5. The second-order valence-corrected chi connectivity index (χ2v) is 4.18. The molecule has 0 amide bonds. The average molecular weight is 206 g/mol. The molecule has 0 bridgehead atoms. The molecule has 2 rings (SSSR count). The summed E-state index contributed by atoms with van der Waals surface area (Å²) in [6.45, 7) is 4.96. The Morgan fingerprint density at radius 2 is 2.27 bits per heavy atom. The summed E-state index contributed by atoms with van der Waals surface area (Å²) >= 11 is 0. The maximum Gasteiger partial charge on any atom is 0.0558 e. The number of aliphatic hydroxyl groups is 1. The van der Waals surface area contributed by atoms with E-state index < -0.39 is 0 Å². The van der Waals surface area contributed by atoms with Crippen molar-refractivity contribution in [1.82, 2.24) is 4.90 Å². The van der Waals surface area contributed by atoms with E-state index in [0.717, 1.165) is 31.7 Å². The van der Waals surface area contributed by atoms with Crippen LogP contribution in [-0.2, 0) is 13.0 Å². The quantitative estimate of drug-likeness (QED) is 0.708. The fourth-order valence-corrected chi connectivity index (χ4v) is 2.19. The van der Waals surface area contributed by atoms with Gasteiger partial charge in [-0.05, 0) is 30.0 Å². The molecule has 0 aliphatic carbocycles. The number of benzene rings is 1. The summed E-state index contributed by atoms with van der Waals surface area (Å²) in [7, 11) is 0. The molecule has 82 valence electrons. The summed E-state index contributed by atoms with van der Waals surface area (Å²) in [6.07, 6.45) is 1.00. The van der Waals surface area contributed by atoms with Crippen LogP contribution in [0.25, 0.3) is 0 Å². The smallest absolute Gasteiger partial charge is 0.0558 e. The number of hydrogen-bond donors (Lipinski definition) is 2. The molecule has 15 heavy (non-hydrogen) atoms. The van der Waals surface area contributed by atoms with Gasteiger partial charge >= 0.3 is 0 Å². The Labute approximate surface area is 90.5 Å². The molecular formula is C12H18N2O. The van der Waals surface area contributed by atoms with Gasteiger partial charge in [-0.15, -0.1) is 0 Å². The van der Waals surface area contributed by atoms with E-state index in [1.807, 2.05) is 0 Å². The minimum atomic E-state index is 0.233. The predicted octanol–water partition coefficient (Wildman–Crippen LogP) is 0.928. The molecule has 3 heteroatoms. The monoisotopic (exact) mass is 206 g/mol. The van der Waals surface area contributed by atoms with Crippen molar-refractivity contribution < 1.29 is 5.11 Å². The van der Waals surface area contributed by atoms with Gasteiger partial charge in [0.1, 0.15) is 0 Å². The number of fused-ring (bicyclic) bond motifs is 1. The Morgan fingerprint density at radius 1 is 1.47 bits per heavy atom. The van der Waals surface area contributed by atoms with Crippen molar-refractivity contribution >= 4 is 5.69 Å². The van der Waals surface area contributed by atoms with Crippen LogP contribution in [0.15, 0.2) is 12.1 Å². The molecule has 1 aromatic rings. The molecule has 1 heterocycles. The third-order valence-corrected chi connectivity index (χ3v) is 3.16. The number of nitrogens with two attached hydrogens (primary N) is 1. The van der Waals surface area contributed by atoms with E-state index in [-0.39, 0.29) is 6.61 Å². The summed E-state index contributed by atoms with van der Waals surface area (Å²) in [5.41, 5.74) is 10.8. The van der Waals surface area contributed by atoms with Crippen molar-refractivity contribution in [3.8, 4) is 0 Å². The molecular weight excluding hydrogens is 188 g/mol. The number of aliphatic hydroxyl groups excluding tert-OH is 1. The molecule has 0 radical (unpaired) electrons. The highest BCUT2D eigenvalue weighted by Gasteiger charge is 2.17. The van der Waals surface area contributed by atoms with Gasteiger partial charge in [-0.25, -0.2) is 0 Å². The van der Waals surface area contributed by atoms with Crippen LogP contribution in [-0.4, -0.2) is 29.7 Å². The van der Waals surface area contributed by atoms with Gasteiger partial charge in [0.15, 0.2) is 0 Å². The second-order valence-electron chi connectivity index (χ2n) is 4.18. The van der Waals surface area contributed by atoms with Crippen LogP contribution in [0.5, 0.6) is 0 Å². The van der Waals surface area contributed by atoms with Crippen LogP contribution in [0.4, 0.5) is 5.69 Å². The van der Waals surface area contributed by atoms with Gasteiger partial charge in [-0.1, -0.05) is 12.1 Å². The number of rotatable bonds is 2. The number of anilines is 1. The Kier molecular flexibility index (Phi) is 2.93. The van der Waals surface area contributed by atoms with E-state index in [1.54, 1.807) is 0 Å². The van der Waals surface area contributed by atoms with Crippen molar-refractivity contribution in [2.75, 3.05) is 25.4 Å². The van der Waals surface area contributed by atoms with Crippen molar-refractivity contribution in [2.45, 2.75) is 19.9 Å². The molecule has 0 fully saturated rings. The SMILES string of the molecule is Cc1ccc2c(c1N)CCN(CCO)C2. The number of nitrogens with zero attached hydrogens (tertiary/aromatic N) is 1. The molecule has 3 N–H and O–H groups in total. The molecule has 1 aliphatic rings. The third kappa shape index (κ3) is 1.98. The van der Waals surface area contributed by atoms with Crippen molar-refractivity contribution in [1.29, 1.82) is 0 Å². The molecule has 0 saturated heterocycles. The van der Waals surface area contributed by atoms with E-state index in [0.29, 0.717) is 0 Å². The van der Waals surface area contributed by atoms with E-state index in [9.17, 15) is 0 Å². The van der Waals surface area contributed by atoms with Crippen LogP contribution in [0, 0.1) is 6.92 Å². The van der Waals surface area contributed by atoms with Crippen LogP contribution in [0.3, 0.4) is 0 Å². The van der Waals surface area contributed by atoms with Gasteiger partial charge in [0, 0.05) is 25.3 Å². The fourth-order valence-electron chi connectivity index (χ4n) is 2.19. The fraction of sp³-hybridized carbons (Fsp3) is 0.500. The highest BCUT2D eigenvalue weighted by molar-refractivity contribution is 5.57. The van der Waals surface area contributed by atoms with Crippen LogP contribution >= 0.6 is 0 Å². The normalized spacial score (nSPS) is 16.4. The Balaban J connectivity index is 2.24. The first-order valence-electron chi connectivity index (χ1n) is 5.42. The lowest BCUT2D eigenvalue weighted by molar-refractivity contribution is 0.184. The van der Waals surface area contributed by atoms with Gasteiger partial charge in [-0.2, -0.15) is 0 Å². The van der Waals surface area contributed by atoms with Crippen molar-refractivity contribution in [3.63, 3.8) is 0 Å². The molecule has 0 saturated carbocycles. The van der Waals surface area contributed by atoms with Crippen LogP contribution in [0.2, 0.25) is 0 Å². The lowest BCUT2D eigenvalue weighted by atomic mass is 9.95. The predicted molar refractivity (Wildman–Crippen MR) is 61.7 cm³/mol. The zero-order valence-electron chi connectivity index (χ0n) is 9.16. The van der Waals surface area contributed by atoms with Crippen LogP contribution in [0.1, 0.15) is 16.7 Å². The summed E-state index contributed by atoms with van der Waals surface area (Å²) < 4.78 is 0. The van der Waals surface area contributed by atoms with Gasteiger partial charge in [-0.3, -0.25) is 4.90 Å². The summed E-state index contributed by atoms with van der Waals surface area (Å²) in [6, 6.07) is 4.24. The van der Waals surface area contributed by atoms with Gasteiger partial charge in [0.2, 0.25) is 0 Å². The standard InChI is InChI=1S/C12H18N2O/c1-9-2-3-10-8-14(6-7-15)5-4-11(10)12(9)13/h2-3,15H,4-8,13H2,1H3. The number of nitrogen functional groups attached to an aromatic ring is 1. The number of hydrogen-bond acceptors (Lipinski definition) is 3. The minimum Gasteiger partial charge on any atom is -0.398 e. The maximum absolute atomic E-state index is 8.90. The minimum absolute atomic E-state index is 0.233. The third-order valence-electron chi connectivity index (χ3n) is 3.16. The first-order chi connectivity index (χ1) is 7.22. The van der Waals surface area contributed by atoms with Gasteiger partial charge < -0.3 is 10.8 Å². The first-order valence-corrected chi connectivity index (χ1v) is 5.42. The highest BCUT2D eigenvalue weighted by atomic mass is 16.3. The summed E-state index contributed by atoms with van der Waals surface area (Å²) in [5, 5.41) is 8.90. The molecule has 1 aliphatic heterocycles. The van der Waals surface area contributed by atoms with Gasteiger partial charge in [0.25, 0.3) is 0 Å². The molecule has 0 unspecified atom stereocenters. The second kappa shape index (κ2) is 4.21. The summed E-state index contributed by atoms with van der Waals surface area (Å²) in [4.78, 5) is 2.26. The highest BCUT2D eigenvalue weighted by Crippen LogP contribution is 2.26. The molecule has 3 nitrogen and oxygen atoms in total.